The van der Waals surface area contributed by atoms with Crippen molar-refractivity contribution in [2.45, 2.75) is 77.7 Å². The Balaban J connectivity index is 2.04. The zero-order chi connectivity index (χ0) is 14.8. The average molecular weight is 280 g/mol. The third-order valence-corrected chi connectivity index (χ3v) is 4.96. The summed E-state index contributed by atoms with van der Waals surface area (Å²) in [4.78, 5) is 11.5. The largest absolute Gasteiger partial charge is 0.508 e. The van der Waals surface area contributed by atoms with Gasteiger partial charge in [0, 0.05) is 5.92 Å². The van der Waals surface area contributed by atoms with Gasteiger partial charge in [0.05, 0.1) is 6.42 Å². The third kappa shape index (κ3) is 3.02. The molecule has 0 aromatic heterocycles. The van der Waals surface area contributed by atoms with E-state index in [1.54, 1.807) is 0 Å². The second kappa shape index (κ2) is 5.79. The van der Waals surface area contributed by atoms with Crippen molar-refractivity contribution >= 4 is 5.97 Å². The summed E-state index contributed by atoms with van der Waals surface area (Å²) in [5, 5.41) is 10.5. The van der Waals surface area contributed by atoms with Crippen molar-refractivity contribution in [3.05, 3.63) is 11.8 Å². The summed E-state index contributed by atoms with van der Waals surface area (Å²) in [5.41, 5.74) is -0.491. The number of hydrogen-bond acceptors (Lipinski definition) is 3. The Bertz CT molecular complexity index is 397. The molecule has 2 rings (SSSR count). The van der Waals surface area contributed by atoms with Crippen LogP contribution in [-0.4, -0.2) is 16.7 Å². The van der Waals surface area contributed by atoms with E-state index in [9.17, 15) is 9.90 Å². The van der Waals surface area contributed by atoms with E-state index in [-0.39, 0.29) is 17.3 Å². The molecule has 0 bridgehead atoms. The number of carbonyl (C=O) groups excluding carboxylic acids is 1. The molecule has 1 saturated heterocycles. The second-order valence-corrected chi connectivity index (χ2v) is 7.22. The van der Waals surface area contributed by atoms with Crippen molar-refractivity contribution in [2.24, 2.45) is 11.3 Å². The standard InChI is InChI=1S/C17H28O3/c1-4-5-9-16(2,3)11-8-14(18)17-10-6-7-13(17)12-15(19)20-17/h8,13,18H,4-7,9-12H2,1-3H3/t13-,17+/m0/s1. The highest BCUT2D eigenvalue weighted by atomic mass is 16.6. The molecule has 1 saturated carbocycles. The number of rotatable bonds is 6. The molecule has 2 aliphatic rings. The molecule has 0 aromatic rings. The van der Waals surface area contributed by atoms with Crippen molar-refractivity contribution in [2.75, 3.05) is 0 Å². The van der Waals surface area contributed by atoms with Crippen LogP contribution in [0.3, 0.4) is 0 Å². The monoisotopic (exact) mass is 280 g/mol. The summed E-state index contributed by atoms with van der Waals surface area (Å²) in [6.45, 7) is 6.66. The fourth-order valence-corrected chi connectivity index (χ4v) is 3.59. The summed E-state index contributed by atoms with van der Waals surface area (Å²) in [5.74, 6) is 0.334. The molecule has 0 amide bonds. The van der Waals surface area contributed by atoms with E-state index in [2.05, 4.69) is 20.8 Å². The maximum Gasteiger partial charge on any atom is 0.307 e. The zero-order valence-electron chi connectivity index (χ0n) is 13.1. The molecule has 0 radical (unpaired) electrons. The minimum absolute atomic E-state index is 0.153. The predicted octanol–water partition coefficient (Wildman–Crippen LogP) is 4.52. The number of aliphatic hydroxyl groups excluding tert-OH is 1. The van der Waals surface area contributed by atoms with Crippen LogP contribution in [0.25, 0.3) is 0 Å². The fraction of sp³-hybridized carbons (Fsp3) is 0.824. The van der Waals surface area contributed by atoms with Crippen LogP contribution in [0, 0.1) is 11.3 Å². The quantitative estimate of drug-likeness (QED) is 0.574. The third-order valence-electron chi connectivity index (χ3n) is 4.96. The van der Waals surface area contributed by atoms with E-state index >= 15 is 0 Å². The summed E-state index contributed by atoms with van der Waals surface area (Å²) < 4.78 is 5.52. The minimum atomic E-state index is -0.683. The van der Waals surface area contributed by atoms with Gasteiger partial charge in [-0.25, -0.2) is 0 Å². The Morgan fingerprint density at radius 2 is 2.30 bits per heavy atom. The molecule has 1 aliphatic heterocycles. The van der Waals surface area contributed by atoms with Gasteiger partial charge in [-0.05, 0) is 43.6 Å². The summed E-state index contributed by atoms with van der Waals surface area (Å²) >= 11 is 0. The van der Waals surface area contributed by atoms with Crippen LogP contribution in [0.2, 0.25) is 0 Å². The molecule has 3 heteroatoms. The molecule has 1 N–H and O–H groups in total. The highest BCUT2D eigenvalue weighted by Crippen LogP contribution is 2.49. The summed E-state index contributed by atoms with van der Waals surface area (Å²) in [7, 11) is 0. The first-order chi connectivity index (χ1) is 9.39. The van der Waals surface area contributed by atoms with E-state index in [0.29, 0.717) is 12.2 Å². The van der Waals surface area contributed by atoms with Gasteiger partial charge in [0.1, 0.15) is 5.76 Å². The Labute approximate surface area is 122 Å². The molecule has 0 aromatic carbocycles. The number of hydrogen-bond donors (Lipinski definition) is 1. The van der Waals surface area contributed by atoms with Crippen LogP contribution in [0.5, 0.6) is 0 Å². The SMILES string of the molecule is CCCCC(C)(C)CC=C(O)[C@@]12CCC[C@H]1CC(=O)O2. The Morgan fingerprint density at radius 1 is 1.55 bits per heavy atom. The van der Waals surface area contributed by atoms with Crippen LogP contribution in [-0.2, 0) is 9.53 Å². The van der Waals surface area contributed by atoms with Crippen LogP contribution in [0.4, 0.5) is 0 Å². The second-order valence-electron chi connectivity index (χ2n) is 7.22. The average Bonchev–Trinajstić information content (AvgIpc) is 2.90. The molecule has 1 heterocycles. The van der Waals surface area contributed by atoms with Crippen molar-refractivity contribution in [3.63, 3.8) is 0 Å². The fourth-order valence-electron chi connectivity index (χ4n) is 3.59. The number of unbranched alkanes of at least 4 members (excludes halogenated alkanes) is 1. The van der Waals surface area contributed by atoms with Crippen LogP contribution in [0.15, 0.2) is 11.8 Å². The maximum atomic E-state index is 11.5. The normalized spacial score (nSPS) is 30.4. The first kappa shape index (κ1) is 15.4. The molecule has 2 atom stereocenters. The zero-order valence-corrected chi connectivity index (χ0v) is 13.1. The summed E-state index contributed by atoms with van der Waals surface area (Å²) in [6, 6.07) is 0. The molecular weight excluding hydrogens is 252 g/mol. The highest BCUT2D eigenvalue weighted by Gasteiger charge is 2.55. The molecule has 20 heavy (non-hydrogen) atoms. The number of fused-ring (bicyclic) bond motifs is 1. The van der Waals surface area contributed by atoms with E-state index in [0.717, 1.165) is 32.1 Å². The lowest BCUT2D eigenvalue weighted by atomic mass is 9.82. The van der Waals surface area contributed by atoms with E-state index in [1.807, 2.05) is 6.08 Å². The Kier molecular flexibility index (Phi) is 4.46. The highest BCUT2D eigenvalue weighted by molar-refractivity contribution is 5.74. The molecule has 0 spiro atoms. The number of ether oxygens (including phenoxy) is 1. The summed E-state index contributed by atoms with van der Waals surface area (Å²) in [6.07, 6.45) is 9.59. The van der Waals surface area contributed by atoms with Gasteiger partial charge in [0.25, 0.3) is 0 Å². The van der Waals surface area contributed by atoms with Crippen molar-refractivity contribution < 1.29 is 14.6 Å². The molecule has 1 aliphatic carbocycles. The maximum absolute atomic E-state index is 11.5. The molecule has 114 valence electrons. The Morgan fingerprint density at radius 3 is 3.00 bits per heavy atom. The lowest BCUT2D eigenvalue weighted by molar-refractivity contribution is -0.148. The van der Waals surface area contributed by atoms with Crippen LogP contribution >= 0.6 is 0 Å². The van der Waals surface area contributed by atoms with Gasteiger partial charge in [-0.3, -0.25) is 4.79 Å². The first-order valence-corrected chi connectivity index (χ1v) is 8.01. The van der Waals surface area contributed by atoms with E-state index in [1.165, 1.54) is 12.8 Å². The first-order valence-electron chi connectivity index (χ1n) is 8.01. The minimum Gasteiger partial charge on any atom is -0.508 e. The lowest BCUT2D eigenvalue weighted by Crippen LogP contribution is -2.33. The van der Waals surface area contributed by atoms with Gasteiger partial charge in [-0.2, -0.15) is 0 Å². The molecular formula is C17H28O3. The molecule has 2 fully saturated rings. The van der Waals surface area contributed by atoms with E-state index < -0.39 is 5.60 Å². The van der Waals surface area contributed by atoms with Gasteiger partial charge < -0.3 is 9.84 Å². The topological polar surface area (TPSA) is 46.5 Å². The van der Waals surface area contributed by atoms with Gasteiger partial charge in [0.2, 0.25) is 0 Å². The smallest absolute Gasteiger partial charge is 0.307 e. The predicted molar refractivity (Wildman–Crippen MR) is 79.4 cm³/mol. The van der Waals surface area contributed by atoms with Gasteiger partial charge in [-0.1, -0.05) is 33.6 Å². The molecule has 3 nitrogen and oxygen atoms in total. The van der Waals surface area contributed by atoms with Crippen molar-refractivity contribution in [1.29, 1.82) is 0 Å². The van der Waals surface area contributed by atoms with Crippen molar-refractivity contribution in [1.82, 2.24) is 0 Å². The Hall–Kier alpha value is -0.990. The number of aliphatic hydroxyl groups is 1. The van der Waals surface area contributed by atoms with Crippen LogP contribution in [0.1, 0.15) is 72.1 Å². The number of esters is 1. The lowest BCUT2D eigenvalue weighted by Gasteiger charge is -2.28. The number of allylic oxidation sites excluding steroid dienone is 1. The van der Waals surface area contributed by atoms with Crippen LogP contribution < -0.4 is 0 Å². The van der Waals surface area contributed by atoms with E-state index in [4.69, 9.17) is 4.74 Å². The number of carbonyl (C=O) groups is 1. The van der Waals surface area contributed by atoms with Crippen molar-refractivity contribution in [3.8, 4) is 0 Å². The van der Waals surface area contributed by atoms with Gasteiger partial charge >= 0.3 is 5.97 Å². The van der Waals surface area contributed by atoms with Gasteiger partial charge in [0.15, 0.2) is 5.60 Å². The van der Waals surface area contributed by atoms with Gasteiger partial charge in [-0.15, -0.1) is 0 Å². The molecule has 0 unspecified atom stereocenters.